The third-order valence-electron chi connectivity index (χ3n) is 3.55. The fraction of sp³-hybridized carbons (Fsp3) is 0.200. The summed E-state index contributed by atoms with van der Waals surface area (Å²) in [6, 6.07) is 17.7. The number of benzene rings is 2. The molecule has 0 saturated carbocycles. The van der Waals surface area contributed by atoms with Crippen molar-refractivity contribution < 1.29 is 14.3 Å². The number of esters is 1. The minimum atomic E-state index is -0.290. The third kappa shape index (κ3) is 5.16. The molecular weight excluding hydrogens is 334 g/mol. The van der Waals surface area contributed by atoms with E-state index in [9.17, 15) is 4.79 Å². The highest BCUT2D eigenvalue weighted by Gasteiger charge is 2.08. The van der Waals surface area contributed by atoms with E-state index in [-0.39, 0.29) is 19.0 Å². The zero-order valence-corrected chi connectivity index (χ0v) is 14.8. The number of thiazole rings is 1. The van der Waals surface area contributed by atoms with Gasteiger partial charge in [0.2, 0.25) is 0 Å². The Morgan fingerprint density at radius 2 is 1.84 bits per heavy atom. The van der Waals surface area contributed by atoms with E-state index in [4.69, 9.17) is 9.47 Å². The van der Waals surface area contributed by atoms with Crippen molar-refractivity contribution in [1.29, 1.82) is 0 Å². The van der Waals surface area contributed by atoms with E-state index in [1.807, 2.05) is 66.9 Å². The maximum atomic E-state index is 11.8. The summed E-state index contributed by atoms with van der Waals surface area (Å²) in [6.45, 7) is 2.50. The molecule has 5 heteroatoms. The van der Waals surface area contributed by atoms with Gasteiger partial charge in [-0.05, 0) is 19.1 Å². The Hall–Kier alpha value is -2.66. The van der Waals surface area contributed by atoms with E-state index < -0.39 is 0 Å². The van der Waals surface area contributed by atoms with Gasteiger partial charge in [-0.25, -0.2) is 4.98 Å². The molecule has 0 bridgehead atoms. The number of nitrogens with zero attached hydrogens (tertiary/aromatic N) is 1. The number of rotatable bonds is 7. The second-order valence-electron chi connectivity index (χ2n) is 5.58. The molecule has 2 aromatic carbocycles. The van der Waals surface area contributed by atoms with Crippen molar-refractivity contribution in [3.63, 3.8) is 0 Å². The first-order valence-corrected chi connectivity index (χ1v) is 8.93. The Bertz CT molecular complexity index is 812. The van der Waals surface area contributed by atoms with E-state index in [1.165, 1.54) is 5.56 Å². The highest BCUT2D eigenvalue weighted by Crippen LogP contribution is 2.23. The highest BCUT2D eigenvalue weighted by atomic mass is 32.1. The molecule has 0 radical (unpaired) electrons. The van der Waals surface area contributed by atoms with Crippen LogP contribution in [0.25, 0.3) is 10.6 Å². The first-order chi connectivity index (χ1) is 12.2. The summed E-state index contributed by atoms with van der Waals surface area (Å²) in [5.41, 5.74) is 3.00. The molecule has 0 spiro atoms. The Kier molecular flexibility index (Phi) is 5.80. The van der Waals surface area contributed by atoms with Gasteiger partial charge in [-0.2, -0.15) is 0 Å². The van der Waals surface area contributed by atoms with Crippen LogP contribution >= 0.6 is 11.3 Å². The average Bonchev–Trinajstić information content (AvgIpc) is 3.11. The second-order valence-corrected chi connectivity index (χ2v) is 6.44. The molecule has 0 saturated heterocycles. The Labute approximate surface area is 151 Å². The summed E-state index contributed by atoms with van der Waals surface area (Å²) < 4.78 is 10.8. The van der Waals surface area contributed by atoms with Crippen LogP contribution in [0.1, 0.15) is 17.7 Å². The molecule has 0 fully saturated rings. The molecule has 0 amide bonds. The van der Waals surface area contributed by atoms with Gasteiger partial charge >= 0.3 is 5.97 Å². The minimum Gasteiger partial charge on any atom is -0.493 e. The molecule has 0 aliphatic rings. The van der Waals surface area contributed by atoms with E-state index in [0.717, 1.165) is 22.0 Å². The fourth-order valence-electron chi connectivity index (χ4n) is 2.20. The van der Waals surface area contributed by atoms with Crippen LogP contribution in [0.2, 0.25) is 0 Å². The lowest BCUT2D eigenvalue weighted by Gasteiger charge is -2.06. The summed E-state index contributed by atoms with van der Waals surface area (Å²) in [5.74, 6) is 0.465. The SMILES string of the molecule is Cc1ccc(OCCC(=O)OCc2csc(-c3ccccc3)n2)cc1. The topological polar surface area (TPSA) is 48.4 Å². The molecule has 0 aliphatic heterocycles. The van der Waals surface area contributed by atoms with Gasteiger partial charge in [-0.15, -0.1) is 11.3 Å². The van der Waals surface area contributed by atoms with Gasteiger partial charge in [0.05, 0.1) is 18.7 Å². The summed E-state index contributed by atoms with van der Waals surface area (Å²) in [7, 11) is 0. The summed E-state index contributed by atoms with van der Waals surface area (Å²) >= 11 is 1.54. The number of carbonyl (C=O) groups excluding carboxylic acids is 1. The van der Waals surface area contributed by atoms with Gasteiger partial charge in [0, 0.05) is 10.9 Å². The van der Waals surface area contributed by atoms with E-state index in [2.05, 4.69) is 4.98 Å². The largest absolute Gasteiger partial charge is 0.493 e. The molecular formula is C20H19NO3S. The van der Waals surface area contributed by atoms with Gasteiger partial charge in [0.15, 0.2) is 0 Å². The van der Waals surface area contributed by atoms with Crippen molar-refractivity contribution in [3.05, 3.63) is 71.2 Å². The lowest BCUT2D eigenvalue weighted by molar-refractivity contribution is -0.145. The molecule has 3 aromatic rings. The molecule has 3 rings (SSSR count). The number of hydrogen-bond acceptors (Lipinski definition) is 5. The van der Waals surface area contributed by atoms with Crippen molar-refractivity contribution in [2.24, 2.45) is 0 Å². The van der Waals surface area contributed by atoms with Crippen LogP contribution in [-0.4, -0.2) is 17.6 Å². The van der Waals surface area contributed by atoms with Crippen molar-refractivity contribution in [3.8, 4) is 16.3 Å². The average molecular weight is 353 g/mol. The quantitative estimate of drug-likeness (QED) is 0.581. The number of aryl methyl sites for hydroxylation is 1. The lowest BCUT2D eigenvalue weighted by Crippen LogP contribution is -2.10. The van der Waals surface area contributed by atoms with Gasteiger partial charge in [-0.1, -0.05) is 48.0 Å². The zero-order chi connectivity index (χ0) is 17.5. The smallest absolute Gasteiger partial charge is 0.309 e. The zero-order valence-electron chi connectivity index (χ0n) is 14.0. The summed E-state index contributed by atoms with van der Waals surface area (Å²) in [5, 5.41) is 2.84. The monoisotopic (exact) mass is 353 g/mol. The van der Waals surface area contributed by atoms with Gasteiger partial charge in [0.25, 0.3) is 0 Å². The van der Waals surface area contributed by atoms with Crippen molar-refractivity contribution in [1.82, 2.24) is 4.98 Å². The first-order valence-electron chi connectivity index (χ1n) is 8.05. The summed E-state index contributed by atoms with van der Waals surface area (Å²) in [4.78, 5) is 16.3. The van der Waals surface area contributed by atoms with Crippen LogP contribution in [-0.2, 0) is 16.1 Å². The number of aromatic nitrogens is 1. The normalized spacial score (nSPS) is 10.4. The maximum absolute atomic E-state index is 11.8. The standard InChI is InChI=1S/C20H19NO3S/c1-15-7-9-18(10-8-15)23-12-11-19(22)24-13-17-14-25-20(21-17)16-5-3-2-4-6-16/h2-10,14H,11-13H2,1H3. The van der Waals surface area contributed by atoms with Crippen molar-refractivity contribution in [2.45, 2.75) is 20.0 Å². The highest BCUT2D eigenvalue weighted by molar-refractivity contribution is 7.13. The lowest BCUT2D eigenvalue weighted by atomic mass is 10.2. The van der Waals surface area contributed by atoms with Crippen LogP contribution in [0, 0.1) is 6.92 Å². The predicted molar refractivity (Wildman–Crippen MR) is 98.6 cm³/mol. The third-order valence-corrected chi connectivity index (χ3v) is 4.49. The molecule has 128 valence electrons. The van der Waals surface area contributed by atoms with Gasteiger partial charge in [0.1, 0.15) is 17.4 Å². The Morgan fingerprint density at radius 1 is 1.08 bits per heavy atom. The van der Waals surface area contributed by atoms with E-state index in [0.29, 0.717) is 6.61 Å². The molecule has 0 atom stereocenters. The van der Waals surface area contributed by atoms with Crippen LogP contribution in [0.3, 0.4) is 0 Å². The molecule has 0 unspecified atom stereocenters. The summed E-state index contributed by atoms with van der Waals surface area (Å²) in [6.07, 6.45) is 0.212. The number of hydrogen-bond donors (Lipinski definition) is 0. The maximum Gasteiger partial charge on any atom is 0.309 e. The first kappa shape index (κ1) is 17.2. The van der Waals surface area contributed by atoms with Gasteiger partial charge < -0.3 is 9.47 Å². The van der Waals surface area contributed by atoms with Gasteiger partial charge in [-0.3, -0.25) is 4.79 Å². The van der Waals surface area contributed by atoms with E-state index in [1.54, 1.807) is 11.3 Å². The minimum absolute atomic E-state index is 0.187. The molecule has 1 heterocycles. The van der Waals surface area contributed by atoms with E-state index >= 15 is 0 Å². The van der Waals surface area contributed by atoms with Crippen LogP contribution < -0.4 is 4.74 Å². The van der Waals surface area contributed by atoms with Crippen molar-refractivity contribution >= 4 is 17.3 Å². The van der Waals surface area contributed by atoms with Crippen molar-refractivity contribution in [2.75, 3.05) is 6.61 Å². The van der Waals surface area contributed by atoms with Crippen LogP contribution in [0.5, 0.6) is 5.75 Å². The molecule has 0 aliphatic carbocycles. The number of ether oxygens (including phenoxy) is 2. The Balaban J connectivity index is 1.42. The molecule has 25 heavy (non-hydrogen) atoms. The Morgan fingerprint density at radius 3 is 2.60 bits per heavy atom. The number of carbonyl (C=O) groups is 1. The molecule has 0 N–H and O–H groups in total. The molecule has 4 nitrogen and oxygen atoms in total. The van der Waals surface area contributed by atoms with Crippen LogP contribution in [0.4, 0.5) is 0 Å². The molecule has 1 aromatic heterocycles. The predicted octanol–water partition coefficient (Wildman–Crippen LogP) is 4.63. The fourth-order valence-corrected chi connectivity index (χ4v) is 3.01. The van der Waals surface area contributed by atoms with Crippen LogP contribution in [0.15, 0.2) is 60.0 Å². The second kappa shape index (κ2) is 8.44.